The molecule has 0 saturated heterocycles. The minimum Gasteiger partial charge on any atom is -0.298 e. The van der Waals surface area contributed by atoms with Crippen LogP contribution < -0.4 is 0 Å². The van der Waals surface area contributed by atoms with E-state index in [0.717, 1.165) is 17.2 Å². The third-order valence-electron chi connectivity index (χ3n) is 4.69. The third-order valence-corrected chi connectivity index (χ3v) is 4.69. The quantitative estimate of drug-likeness (QED) is 0.140. The number of alkyl halides is 1. The van der Waals surface area contributed by atoms with E-state index in [1.807, 2.05) is 24.0 Å². The molecule has 5 aromatic carbocycles. The number of hydrogen-bond donors (Lipinski definition) is 0. The number of hydrogen-bond acceptors (Lipinski definition) is 1. The molecule has 0 heterocycles. The van der Waals surface area contributed by atoms with Gasteiger partial charge in [0, 0.05) is 5.56 Å². The lowest BCUT2D eigenvalue weighted by molar-refractivity contribution is 0.112. The lowest BCUT2D eigenvalue weighted by Gasteiger charge is -2.14. The summed E-state index contributed by atoms with van der Waals surface area (Å²) in [5.74, 6) is 1.81. The summed E-state index contributed by atoms with van der Waals surface area (Å²) in [6.45, 7) is 0. The van der Waals surface area contributed by atoms with E-state index in [9.17, 15) is 4.79 Å². The zero-order valence-corrected chi connectivity index (χ0v) is 14.8. The van der Waals surface area contributed by atoms with Crippen molar-refractivity contribution in [2.24, 2.45) is 0 Å². The Balaban J connectivity index is 0.000000704. The average Bonchev–Trinajstić information content (AvgIpc) is 2.67. The van der Waals surface area contributed by atoms with Gasteiger partial charge in [-0.25, -0.2) is 0 Å². The first-order valence-electron chi connectivity index (χ1n) is 7.80. The van der Waals surface area contributed by atoms with Gasteiger partial charge in [-0.15, -0.1) is 0 Å². The molecule has 2 heteroatoms. The maximum absolute atomic E-state index is 11.4. The van der Waals surface area contributed by atoms with Crippen molar-refractivity contribution in [3.8, 4) is 0 Å². The molecule has 0 amide bonds. The molecule has 0 radical (unpaired) electrons. The Labute approximate surface area is 148 Å². The zero-order chi connectivity index (χ0) is 16.7. The Hall–Kier alpha value is -2.45. The highest BCUT2D eigenvalue weighted by molar-refractivity contribution is 9.08. The highest BCUT2D eigenvalue weighted by atomic mass is 79.9. The van der Waals surface area contributed by atoms with Gasteiger partial charge < -0.3 is 0 Å². The molecule has 1 nitrogen and oxygen atoms in total. The standard InChI is InChI=1S/C21H12O.CH3Br/c22-12-14-10-11-19-17-8-2-5-13-4-1-7-16(20(13)17)18-9-3-6-15(14)21(18)19;1-2/h1-12H;1H3. The minimum atomic E-state index is 0.757. The molecule has 0 atom stereocenters. The molecule has 0 saturated carbocycles. The van der Waals surface area contributed by atoms with Crippen LogP contribution in [0.2, 0.25) is 0 Å². The van der Waals surface area contributed by atoms with Gasteiger partial charge >= 0.3 is 0 Å². The summed E-state index contributed by atoms with van der Waals surface area (Å²) < 4.78 is 0. The first kappa shape index (κ1) is 15.1. The van der Waals surface area contributed by atoms with Gasteiger partial charge in [-0.2, -0.15) is 0 Å². The van der Waals surface area contributed by atoms with Crippen molar-refractivity contribution in [1.29, 1.82) is 0 Å². The Morgan fingerprint density at radius 1 is 0.625 bits per heavy atom. The van der Waals surface area contributed by atoms with E-state index in [4.69, 9.17) is 0 Å². The number of fused-ring (bicyclic) bond motifs is 2. The molecule has 24 heavy (non-hydrogen) atoms. The molecule has 5 aromatic rings. The number of aldehydes is 1. The predicted octanol–water partition coefficient (Wildman–Crippen LogP) is 6.56. The van der Waals surface area contributed by atoms with Crippen molar-refractivity contribution < 1.29 is 4.79 Å². The van der Waals surface area contributed by atoms with Crippen molar-refractivity contribution in [2.45, 2.75) is 0 Å². The van der Waals surface area contributed by atoms with E-state index in [1.165, 1.54) is 37.7 Å². The summed E-state index contributed by atoms with van der Waals surface area (Å²) in [5, 5.41) is 9.76. The molecule has 116 valence electrons. The second kappa shape index (κ2) is 5.88. The first-order valence-corrected chi connectivity index (χ1v) is 9.38. The highest BCUT2D eigenvalue weighted by Crippen LogP contribution is 2.40. The van der Waals surface area contributed by atoms with Crippen LogP contribution in [0.5, 0.6) is 0 Å². The number of benzene rings is 5. The summed E-state index contributed by atoms with van der Waals surface area (Å²) in [4.78, 5) is 11.4. The van der Waals surface area contributed by atoms with E-state index in [1.54, 1.807) is 0 Å². The van der Waals surface area contributed by atoms with Gasteiger partial charge in [-0.05, 0) is 48.9 Å². The molecule has 0 aromatic heterocycles. The van der Waals surface area contributed by atoms with Crippen LogP contribution in [0.1, 0.15) is 10.4 Å². The van der Waals surface area contributed by atoms with Gasteiger partial charge in [-0.3, -0.25) is 4.79 Å². The minimum absolute atomic E-state index is 0.757. The second-order valence-corrected chi connectivity index (χ2v) is 5.76. The molecule has 0 N–H and O–H groups in total. The molecule has 0 spiro atoms. The summed E-state index contributed by atoms with van der Waals surface area (Å²) in [5.41, 5.74) is 0.757. The van der Waals surface area contributed by atoms with E-state index in [2.05, 4.69) is 64.5 Å². The Kier molecular flexibility index (Phi) is 3.70. The predicted molar refractivity (Wildman–Crippen MR) is 108 cm³/mol. The largest absolute Gasteiger partial charge is 0.298 e. The SMILES string of the molecule is CBr.O=Cc1ccc2c3cccc4cccc(c5cccc1c52)c43. The molecule has 0 aliphatic rings. The molecular weight excluding hydrogens is 360 g/mol. The van der Waals surface area contributed by atoms with Gasteiger partial charge in [0.1, 0.15) is 0 Å². The van der Waals surface area contributed by atoms with Crippen LogP contribution in [0.4, 0.5) is 0 Å². The number of halogens is 1. The van der Waals surface area contributed by atoms with Crippen molar-refractivity contribution in [2.75, 3.05) is 5.83 Å². The van der Waals surface area contributed by atoms with Crippen LogP contribution in [-0.4, -0.2) is 12.1 Å². The third kappa shape index (κ3) is 1.96. The van der Waals surface area contributed by atoms with Gasteiger partial charge in [0.2, 0.25) is 0 Å². The van der Waals surface area contributed by atoms with E-state index < -0.39 is 0 Å². The maximum atomic E-state index is 11.4. The van der Waals surface area contributed by atoms with Crippen LogP contribution in [-0.2, 0) is 0 Å². The van der Waals surface area contributed by atoms with Crippen LogP contribution in [0, 0.1) is 0 Å². The fraction of sp³-hybridized carbons (Fsp3) is 0.0455. The summed E-state index contributed by atoms with van der Waals surface area (Å²) in [7, 11) is 0. The normalized spacial score (nSPS) is 11.1. The second-order valence-electron chi connectivity index (χ2n) is 5.76. The van der Waals surface area contributed by atoms with Gasteiger partial charge in [-0.1, -0.05) is 82.7 Å². The van der Waals surface area contributed by atoms with Gasteiger partial charge in [0.05, 0.1) is 0 Å². The first-order chi connectivity index (χ1) is 11.9. The van der Waals surface area contributed by atoms with E-state index in [0.29, 0.717) is 0 Å². The lowest BCUT2D eigenvalue weighted by atomic mass is 9.88. The molecule has 0 fully saturated rings. The molecule has 0 aliphatic carbocycles. The Morgan fingerprint density at radius 3 is 1.75 bits per heavy atom. The van der Waals surface area contributed by atoms with Crippen LogP contribution in [0.3, 0.4) is 0 Å². The van der Waals surface area contributed by atoms with Crippen molar-refractivity contribution >= 4 is 65.3 Å². The van der Waals surface area contributed by atoms with Crippen molar-refractivity contribution in [3.05, 3.63) is 72.3 Å². The summed E-state index contributed by atoms with van der Waals surface area (Å²) >= 11 is 2.94. The molecule has 0 bridgehead atoms. The Bertz CT molecular complexity index is 1140. The highest BCUT2D eigenvalue weighted by Gasteiger charge is 2.13. The fourth-order valence-corrected chi connectivity index (χ4v) is 3.77. The smallest absolute Gasteiger partial charge is 0.150 e. The molecular formula is C22H15BrO. The Morgan fingerprint density at radius 2 is 1.12 bits per heavy atom. The van der Waals surface area contributed by atoms with Gasteiger partial charge in [0.25, 0.3) is 0 Å². The average molecular weight is 375 g/mol. The van der Waals surface area contributed by atoms with Crippen LogP contribution >= 0.6 is 15.9 Å². The number of rotatable bonds is 1. The summed E-state index contributed by atoms with van der Waals surface area (Å²) in [6, 6.07) is 23.1. The van der Waals surface area contributed by atoms with Crippen LogP contribution in [0.15, 0.2) is 66.7 Å². The molecule has 5 rings (SSSR count). The van der Waals surface area contributed by atoms with Crippen molar-refractivity contribution in [1.82, 2.24) is 0 Å². The summed E-state index contributed by atoms with van der Waals surface area (Å²) in [6.07, 6.45) is 0.948. The number of carbonyl (C=O) groups is 1. The van der Waals surface area contributed by atoms with Gasteiger partial charge in [0.15, 0.2) is 6.29 Å². The topological polar surface area (TPSA) is 17.1 Å². The van der Waals surface area contributed by atoms with E-state index in [-0.39, 0.29) is 0 Å². The lowest BCUT2D eigenvalue weighted by Crippen LogP contribution is -1.89. The zero-order valence-electron chi connectivity index (χ0n) is 13.2. The van der Waals surface area contributed by atoms with Crippen LogP contribution in [0.25, 0.3) is 43.1 Å². The number of carbonyl (C=O) groups excluding carboxylic acids is 1. The van der Waals surface area contributed by atoms with E-state index >= 15 is 0 Å². The van der Waals surface area contributed by atoms with Crippen molar-refractivity contribution in [3.63, 3.8) is 0 Å². The fourth-order valence-electron chi connectivity index (χ4n) is 3.77. The molecule has 0 aliphatic heterocycles. The monoisotopic (exact) mass is 374 g/mol. The molecule has 0 unspecified atom stereocenters. The maximum Gasteiger partial charge on any atom is 0.150 e.